The lowest BCUT2D eigenvalue weighted by atomic mass is 9.98. The summed E-state index contributed by atoms with van der Waals surface area (Å²) in [4.78, 5) is 12.7. The second-order valence-corrected chi connectivity index (χ2v) is 10.5. The van der Waals surface area contributed by atoms with Crippen molar-refractivity contribution in [3.05, 3.63) is 108 Å². The maximum atomic E-state index is 13.9. The van der Waals surface area contributed by atoms with Gasteiger partial charge in [-0.15, -0.1) is 0 Å². The number of rotatable bonds is 11. The number of hydrogen-bond donors (Lipinski definition) is 3. The van der Waals surface area contributed by atoms with Gasteiger partial charge in [-0.05, 0) is 84.3 Å². The minimum Gasteiger partial charge on any atom is -0.388 e. The molecule has 0 unspecified atom stereocenters. The molecule has 6 heteroatoms. The number of aromatic nitrogens is 3. The van der Waals surface area contributed by atoms with Gasteiger partial charge in [0.15, 0.2) is 0 Å². The number of H-pyrrole nitrogens is 1. The van der Waals surface area contributed by atoms with E-state index >= 15 is 0 Å². The summed E-state index contributed by atoms with van der Waals surface area (Å²) in [6.07, 6.45) is 15.9. The highest BCUT2D eigenvalue weighted by Crippen LogP contribution is 2.30. The highest BCUT2D eigenvalue weighted by Gasteiger charge is 2.15. The SMILES string of the molecule is C=C/C(=C\C(=C/C)c1ccc(NC)c(Cc2nc3c(-c4cccc(F)c4)cncc3[nH]2)c1)CNCC1CCCC1. The van der Waals surface area contributed by atoms with Gasteiger partial charge < -0.3 is 15.6 Å². The van der Waals surface area contributed by atoms with E-state index in [0.29, 0.717) is 6.42 Å². The van der Waals surface area contributed by atoms with Crippen molar-refractivity contribution in [3.63, 3.8) is 0 Å². The van der Waals surface area contributed by atoms with Crippen molar-refractivity contribution >= 4 is 22.3 Å². The molecule has 1 saturated carbocycles. The van der Waals surface area contributed by atoms with Crippen LogP contribution in [0.25, 0.3) is 27.7 Å². The van der Waals surface area contributed by atoms with E-state index in [4.69, 9.17) is 4.98 Å². The first-order valence-corrected chi connectivity index (χ1v) is 14.2. The number of halogens is 1. The summed E-state index contributed by atoms with van der Waals surface area (Å²) in [5.74, 6) is 1.36. The summed E-state index contributed by atoms with van der Waals surface area (Å²) in [7, 11) is 1.94. The Hall–Kier alpha value is -4.03. The van der Waals surface area contributed by atoms with E-state index in [2.05, 4.69) is 64.5 Å². The van der Waals surface area contributed by atoms with Gasteiger partial charge in [0.1, 0.15) is 11.6 Å². The van der Waals surface area contributed by atoms with Crippen LogP contribution in [0.3, 0.4) is 0 Å². The van der Waals surface area contributed by atoms with Crippen molar-refractivity contribution in [2.24, 2.45) is 5.92 Å². The lowest BCUT2D eigenvalue weighted by Crippen LogP contribution is -2.23. The van der Waals surface area contributed by atoms with Gasteiger partial charge in [-0.3, -0.25) is 4.98 Å². The number of fused-ring (bicyclic) bond motifs is 1. The van der Waals surface area contributed by atoms with Crippen LogP contribution < -0.4 is 10.6 Å². The topological polar surface area (TPSA) is 65.6 Å². The maximum Gasteiger partial charge on any atom is 0.123 e. The third kappa shape index (κ3) is 6.40. The zero-order valence-corrected chi connectivity index (χ0v) is 23.4. The molecule has 3 N–H and O–H groups in total. The molecule has 0 atom stereocenters. The zero-order valence-electron chi connectivity index (χ0n) is 23.4. The molecular weight excluding hydrogens is 497 g/mol. The largest absolute Gasteiger partial charge is 0.388 e. The second kappa shape index (κ2) is 12.9. The van der Waals surface area contributed by atoms with Crippen LogP contribution in [-0.4, -0.2) is 35.1 Å². The molecule has 0 saturated heterocycles. The van der Waals surface area contributed by atoms with Gasteiger partial charge >= 0.3 is 0 Å². The number of benzene rings is 2. The predicted octanol–water partition coefficient (Wildman–Crippen LogP) is 7.69. The number of pyridine rings is 1. The van der Waals surface area contributed by atoms with Crippen LogP contribution in [0.5, 0.6) is 0 Å². The molecule has 2 aromatic heterocycles. The van der Waals surface area contributed by atoms with Crippen molar-refractivity contribution < 1.29 is 4.39 Å². The Bertz CT molecular complexity index is 1540. The molecule has 1 aliphatic carbocycles. The normalized spacial score (nSPS) is 14.7. The van der Waals surface area contributed by atoms with Gasteiger partial charge in [0.2, 0.25) is 0 Å². The van der Waals surface area contributed by atoms with Crippen LogP contribution in [0.2, 0.25) is 0 Å². The Labute approximate surface area is 236 Å². The molecule has 0 spiro atoms. The quantitative estimate of drug-likeness (QED) is 0.172. The minimum absolute atomic E-state index is 0.279. The number of nitrogens with one attached hydrogen (secondary N) is 3. The first-order chi connectivity index (χ1) is 19.6. The van der Waals surface area contributed by atoms with Crippen LogP contribution in [0.4, 0.5) is 10.1 Å². The summed E-state index contributed by atoms with van der Waals surface area (Å²) < 4.78 is 13.9. The highest BCUT2D eigenvalue weighted by atomic mass is 19.1. The first kappa shape index (κ1) is 27.5. The van der Waals surface area contributed by atoms with Crippen molar-refractivity contribution in [1.82, 2.24) is 20.3 Å². The van der Waals surface area contributed by atoms with Gasteiger partial charge in [0.25, 0.3) is 0 Å². The predicted molar refractivity (Wildman–Crippen MR) is 165 cm³/mol. The monoisotopic (exact) mass is 535 g/mol. The third-order valence-corrected chi connectivity index (χ3v) is 7.80. The number of aromatic amines is 1. The Morgan fingerprint density at radius 1 is 1.15 bits per heavy atom. The molecule has 0 amide bonds. The average molecular weight is 536 g/mol. The van der Waals surface area contributed by atoms with Crippen LogP contribution in [0.15, 0.2) is 85.2 Å². The fourth-order valence-corrected chi connectivity index (χ4v) is 5.63. The molecule has 4 aromatic rings. The number of allylic oxidation sites excluding steroid dienone is 3. The molecule has 0 radical (unpaired) electrons. The molecule has 5 rings (SSSR count). The van der Waals surface area contributed by atoms with Crippen LogP contribution in [0.1, 0.15) is 49.6 Å². The smallest absolute Gasteiger partial charge is 0.123 e. The minimum atomic E-state index is -0.279. The fraction of sp³-hybridized carbons (Fsp3) is 0.294. The zero-order chi connectivity index (χ0) is 27.9. The number of imidazole rings is 1. The first-order valence-electron chi connectivity index (χ1n) is 14.2. The van der Waals surface area contributed by atoms with E-state index < -0.39 is 0 Å². The molecule has 206 valence electrons. The summed E-state index contributed by atoms with van der Waals surface area (Å²) in [5.41, 5.74) is 8.85. The summed E-state index contributed by atoms with van der Waals surface area (Å²) in [6.45, 7) is 8.03. The van der Waals surface area contributed by atoms with Crippen molar-refractivity contribution in [3.8, 4) is 11.1 Å². The van der Waals surface area contributed by atoms with E-state index in [1.54, 1.807) is 18.5 Å². The molecule has 5 nitrogen and oxygen atoms in total. The maximum absolute atomic E-state index is 13.9. The average Bonchev–Trinajstić information content (AvgIpc) is 3.64. The molecule has 2 heterocycles. The fourth-order valence-electron chi connectivity index (χ4n) is 5.63. The third-order valence-electron chi connectivity index (χ3n) is 7.80. The summed E-state index contributed by atoms with van der Waals surface area (Å²) >= 11 is 0. The van der Waals surface area contributed by atoms with Gasteiger partial charge in [-0.2, -0.15) is 0 Å². The van der Waals surface area contributed by atoms with E-state index in [0.717, 1.165) is 69.4 Å². The molecule has 1 aliphatic rings. The van der Waals surface area contributed by atoms with Gasteiger partial charge in [-0.25, -0.2) is 9.37 Å². The van der Waals surface area contributed by atoms with Crippen LogP contribution in [0, 0.1) is 11.7 Å². The van der Waals surface area contributed by atoms with Crippen molar-refractivity contribution in [2.45, 2.75) is 39.0 Å². The Kier molecular flexibility index (Phi) is 8.87. The van der Waals surface area contributed by atoms with Gasteiger partial charge in [-0.1, -0.05) is 55.8 Å². The van der Waals surface area contributed by atoms with Crippen molar-refractivity contribution in [1.29, 1.82) is 0 Å². The molecule has 0 aliphatic heterocycles. The van der Waals surface area contributed by atoms with Crippen LogP contribution >= 0.6 is 0 Å². The van der Waals surface area contributed by atoms with Gasteiger partial charge in [0.05, 0.1) is 17.2 Å². The Morgan fingerprint density at radius 2 is 2.00 bits per heavy atom. The van der Waals surface area contributed by atoms with E-state index in [-0.39, 0.29) is 5.82 Å². The lowest BCUT2D eigenvalue weighted by Gasteiger charge is -2.13. The standard InChI is InChI=1S/C34H38FN5/c1-4-23(19-37-20-24-9-6-7-10-24)15-25(5-2)26-13-14-31(36-3)28(16-26)18-33-39-32-22-38-21-30(34(32)40-33)27-11-8-12-29(35)17-27/h4-5,8,11-17,21-22,24,36-37H,1,6-7,9-10,18-20H2,2-3H3,(H,39,40)/b23-15+,25-5+. The summed E-state index contributed by atoms with van der Waals surface area (Å²) in [6, 6.07) is 13.0. The van der Waals surface area contributed by atoms with Crippen LogP contribution in [-0.2, 0) is 6.42 Å². The molecular formula is C34H38FN5. The van der Waals surface area contributed by atoms with Gasteiger partial charge in [0, 0.05) is 37.5 Å². The number of nitrogens with zero attached hydrogens (tertiary/aromatic N) is 2. The Balaban J connectivity index is 1.39. The molecule has 2 aromatic carbocycles. The molecule has 1 fully saturated rings. The lowest BCUT2D eigenvalue weighted by molar-refractivity contribution is 0.503. The molecule has 40 heavy (non-hydrogen) atoms. The highest BCUT2D eigenvalue weighted by molar-refractivity contribution is 5.91. The van der Waals surface area contributed by atoms with E-state index in [1.807, 2.05) is 19.2 Å². The number of anilines is 1. The van der Waals surface area contributed by atoms with Crippen molar-refractivity contribution in [2.75, 3.05) is 25.5 Å². The van der Waals surface area contributed by atoms with E-state index in [9.17, 15) is 4.39 Å². The molecule has 0 bridgehead atoms. The summed E-state index contributed by atoms with van der Waals surface area (Å²) in [5, 5.41) is 6.97. The Morgan fingerprint density at radius 3 is 2.75 bits per heavy atom. The van der Waals surface area contributed by atoms with E-state index in [1.165, 1.54) is 43.4 Å². The number of hydrogen-bond acceptors (Lipinski definition) is 4. The second-order valence-electron chi connectivity index (χ2n) is 10.5.